The zero-order chi connectivity index (χ0) is 22.7. The lowest BCUT2D eigenvalue weighted by atomic mass is 9.97. The third kappa shape index (κ3) is 5.52. The van der Waals surface area contributed by atoms with E-state index in [1.54, 1.807) is 0 Å². The molecule has 0 aromatic heterocycles. The van der Waals surface area contributed by atoms with Gasteiger partial charge in [-0.1, -0.05) is 24.3 Å². The molecule has 1 unspecified atom stereocenters. The Kier molecular flexibility index (Phi) is 6.57. The molecule has 1 aliphatic carbocycles. The minimum Gasteiger partial charge on any atom is -0.484 e. The Bertz CT molecular complexity index is 1070. The van der Waals surface area contributed by atoms with Gasteiger partial charge in [-0.2, -0.15) is 0 Å². The molecule has 0 spiro atoms. The van der Waals surface area contributed by atoms with Gasteiger partial charge in [0.15, 0.2) is 18.1 Å². The van der Waals surface area contributed by atoms with Crippen molar-refractivity contribution in [1.82, 2.24) is 10.0 Å². The number of sulfonamides is 1. The summed E-state index contributed by atoms with van der Waals surface area (Å²) in [7, 11) is -3.58. The van der Waals surface area contributed by atoms with Gasteiger partial charge in [0.25, 0.3) is 5.91 Å². The van der Waals surface area contributed by atoms with Crippen molar-refractivity contribution >= 4 is 15.9 Å². The van der Waals surface area contributed by atoms with Crippen LogP contribution >= 0.6 is 0 Å². The fraction of sp³-hybridized carbons (Fsp3) is 0.435. The van der Waals surface area contributed by atoms with E-state index in [0.717, 1.165) is 42.6 Å². The molecule has 2 N–H and O–H groups in total. The monoisotopic (exact) mass is 460 g/mol. The fourth-order valence-electron chi connectivity index (χ4n) is 4.39. The molecule has 1 heterocycles. The first-order valence-electron chi connectivity index (χ1n) is 10.7. The highest BCUT2D eigenvalue weighted by Crippen LogP contribution is 2.40. The number of hydrogen-bond donors (Lipinski definition) is 2. The maximum absolute atomic E-state index is 11.6. The second-order valence-corrected chi connectivity index (χ2v) is 10.1. The van der Waals surface area contributed by atoms with E-state index in [1.165, 1.54) is 5.56 Å². The maximum atomic E-state index is 11.6. The molecule has 2 aromatic rings. The van der Waals surface area contributed by atoms with Crippen molar-refractivity contribution in [1.29, 1.82) is 0 Å². The summed E-state index contributed by atoms with van der Waals surface area (Å²) in [6, 6.07) is 14.2. The molecule has 4 rings (SSSR count). The van der Waals surface area contributed by atoms with Gasteiger partial charge in [0.2, 0.25) is 16.8 Å². The Morgan fingerprint density at radius 2 is 1.94 bits per heavy atom. The summed E-state index contributed by atoms with van der Waals surface area (Å²) in [5.74, 6) is 1.91. The van der Waals surface area contributed by atoms with Crippen LogP contribution < -0.4 is 24.2 Å². The number of hydrogen-bond acceptors (Lipinski definition) is 7. The average Bonchev–Trinajstić information content (AvgIpc) is 3.40. The lowest BCUT2D eigenvalue weighted by molar-refractivity contribution is -0.121. The smallest absolute Gasteiger partial charge is 0.271 e. The molecule has 8 nitrogen and oxygen atoms in total. The Morgan fingerprint density at radius 1 is 1.16 bits per heavy atom. The molecule has 0 saturated heterocycles. The summed E-state index contributed by atoms with van der Waals surface area (Å²) in [4.78, 5) is 11.6. The lowest BCUT2D eigenvalue weighted by Crippen LogP contribution is -2.33. The molecule has 172 valence electrons. The molecule has 2 aromatic carbocycles. The van der Waals surface area contributed by atoms with Gasteiger partial charge >= 0.3 is 0 Å². The van der Waals surface area contributed by atoms with Crippen LogP contribution in [0.1, 0.15) is 49.3 Å². The SMILES string of the molecule is C[C@@H](N[C@@H]1CCC(c2ccc(OCC(=O)NS(C)(=O)=O)cc2)C1)c1cccc2c1OCO2. The quantitative estimate of drug-likeness (QED) is 0.624. The molecule has 1 aliphatic heterocycles. The van der Waals surface area contributed by atoms with Crippen LogP contribution in [0, 0.1) is 0 Å². The van der Waals surface area contributed by atoms with Crippen molar-refractivity contribution in [2.24, 2.45) is 0 Å². The Balaban J connectivity index is 1.29. The number of carbonyl (C=O) groups is 1. The van der Waals surface area contributed by atoms with Gasteiger partial charge in [0, 0.05) is 17.6 Å². The highest BCUT2D eigenvalue weighted by molar-refractivity contribution is 7.89. The summed E-state index contributed by atoms with van der Waals surface area (Å²) in [5, 5.41) is 3.73. The van der Waals surface area contributed by atoms with E-state index in [9.17, 15) is 13.2 Å². The van der Waals surface area contributed by atoms with E-state index in [0.29, 0.717) is 17.7 Å². The predicted octanol–water partition coefficient (Wildman–Crippen LogP) is 2.86. The standard InChI is InChI=1S/C23H28N2O6S/c1-15(20-4-3-5-21-23(20)31-14-30-21)24-18-9-6-17(12-18)16-7-10-19(11-8-16)29-13-22(26)25-32(2,27)28/h3-5,7-8,10-11,15,17-18,24H,6,9,12-14H2,1-2H3,(H,25,26)/t15-,17?,18-/m1/s1. The van der Waals surface area contributed by atoms with E-state index in [-0.39, 0.29) is 19.4 Å². The molecule has 9 heteroatoms. The number of carbonyl (C=O) groups excluding carboxylic acids is 1. The van der Waals surface area contributed by atoms with Crippen molar-refractivity contribution < 1.29 is 27.4 Å². The Labute approximate surface area is 188 Å². The molecular weight excluding hydrogens is 432 g/mol. The normalized spacial score (nSPS) is 20.7. The third-order valence-corrected chi connectivity index (χ3v) is 6.43. The molecule has 0 bridgehead atoms. The van der Waals surface area contributed by atoms with Crippen molar-refractivity contribution in [3.8, 4) is 17.2 Å². The Morgan fingerprint density at radius 3 is 2.69 bits per heavy atom. The number of nitrogens with one attached hydrogen (secondary N) is 2. The molecule has 32 heavy (non-hydrogen) atoms. The molecular formula is C23H28N2O6S. The first kappa shape index (κ1) is 22.4. The average molecular weight is 461 g/mol. The zero-order valence-corrected chi connectivity index (χ0v) is 19.0. The number of para-hydroxylation sites is 1. The first-order chi connectivity index (χ1) is 15.3. The topological polar surface area (TPSA) is 103 Å². The largest absolute Gasteiger partial charge is 0.484 e. The lowest BCUT2D eigenvalue weighted by Gasteiger charge is -2.21. The van der Waals surface area contributed by atoms with Crippen LogP contribution in [0.3, 0.4) is 0 Å². The Hall–Kier alpha value is -2.78. The highest BCUT2D eigenvalue weighted by Gasteiger charge is 2.28. The number of amides is 1. The summed E-state index contributed by atoms with van der Waals surface area (Å²) in [6.45, 7) is 2.07. The highest BCUT2D eigenvalue weighted by atomic mass is 32.2. The molecule has 3 atom stereocenters. The van der Waals surface area contributed by atoms with E-state index >= 15 is 0 Å². The maximum Gasteiger partial charge on any atom is 0.271 e. The molecule has 1 saturated carbocycles. The van der Waals surface area contributed by atoms with E-state index in [2.05, 4.69) is 18.3 Å². The molecule has 1 fully saturated rings. The van der Waals surface area contributed by atoms with E-state index in [4.69, 9.17) is 14.2 Å². The summed E-state index contributed by atoms with van der Waals surface area (Å²) in [6.07, 6.45) is 4.14. The minimum atomic E-state index is -3.58. The van der Waals surface area contributed by atoms with E-state index in [1.807, 2.05) is 41.1 Å². The first-order valence-corrected chi connectivity index (χ1v) is 12.6. The van der Waals surface area contributed by atoms with Crippen LogP contribution in [0.2, 0.25) is 0 Å². The third-order valence-electron chi connectivity index (χ3n) is 5.83. The second-order valence-electron chi connectivity index (χ2n) is 8.33. The second kappa shape index (κ2) is 9.38. The van der Waals surface area contributed by atoms with Gasteiger partial charge in [-0.15, -0.1) is 0 Å². The van der Waals surface area contributed by atoms with Gasteiger partial charge in [-0.25, -0.2) is 8.42 Å². The number of fused-ring (bicyclic) bond motifs is 1. The van der Waals surface area contributed by atoms with Crippen molar-refractivity contribution in [2.45, 2.75) is 44.2 Å². The number of ether oxygens (including phenoxy) is 3. The van der Waals surface area contributed by atoms with Crippen LogP contribution in [0.4, 0.5) is 0 Å². The van der Waals surface area contributed by atoms with Crippen LogP contribution in [-0.2, 0) is 14.8 Å². The number of rotatable bonds is 8. The van der Waals surface area contributed by atoms with Gasteiger partial charge in [-0.05, 0) is 55.9 Å². The van der Waals surface area contributed by atoms with Gasteiger partial charge in [0.05, 0.1) is 6.26 Å². The summed E-state index contributed by atoms with van der Waals surface area (Å²) in [5.41, 5.74) is 2.34. The fourth-order valence-corrected chi connectivity index (χ4v) is 4.87. The zero-order valence-electron chi connectivity index (χ0n) is 18.2. The van der Waals surface area contributed by atoms with Crippen molar-refractivity contribution in [3.05, 3.63) is 53.6 Å². The van der Waals surface area contributed by atoms with Crippen LogP contribution in [0.15, 0.2) is 42.5 Å². The van der Waals surface area contributed by atoms with Gasteiger partial charge < -0.3 is 19.5 Å². The van der Waals surface area contributed by atoms with Crippen LogP contribution in [0.25, 0.3) is 0 Å². The van der Waals surface area contributed by atoms with Gasteiger partial charge in [-0.3, -0.25) is 9.52 Å². The van der Waals surface area contributed by atoms with E-state index < -0.39 is 15.9 Å². The summed E-state index contributed by atoms with van der Waals surface area (Å²) < 4.78 is 40.5. The molecule has 1 amide bonds. The van der Waals surface area contributed by atoms with Crippen LogP contribution in [-0.4, -0.2) is 40.0 Å². The molecule has 2 aliphatic rings. The summed E-state index contributed by atoms with van der Waals surface area (Å²) >= 11 is 0. The van der Waals surface area contributed by atoms with Crippen molar-refractivity contribution in [3.63, 3.8) is 0 Å². The minimum absolute atomic E-state index is 0.157. The van der Waals surface area contributed by atoms with Crippen molar-refractivity contribution in [2.75, 3.05) is 19.7 Å². The van der Waals surface area contributed by atoms with Gasteiger partial charge in [0.1, 0.15) is 5.75 Å². The molecule has 0 radical (unpaired) electrons. The predicted molar refractivity (Wildman–Crippen MR) is 119 cm³/mol. The number of benzene rings is 2. The van der Waals surface area contributed by atoms with Crippen LogP contribution in [0.5, 0.6) is 17.2 Å².